The third kappa shape index (κ3) is 3.50. The van der Waals surface area contributed by atoms with E-state index >= 15 is 0 Å². The van der Waals surface area contributed by atoms with Gasteiger partial charge in [-0.2, -0.15) is 0 Å². The smallest absolute Gasteiger partial charge is 0.223 e. The van der Waals surface area contributed by atoms with E-state index < -0.39 is 0 Å². The molecule has 19 heavy (non-hydrogen) atoms. The average molecular weight is 266 g/mol. The fraction of sp³-hybridized carbons (Fsp3) is 0.938. The van der Waals surface area contributed by atoms with Crippen molar-refractivity contribution >= 4 is 5.91 Å². The van der Waals surface area contributed by atoms with Crippen molar-refractivity contribution in [3.05, 3.63) is 0 Å². The molecule has 1 saturated carbocycles. The molecule has 2 rings (SSSR count). The molecule has 3 heteroatoms. The Balaban J connectivity index is 1.98. The number of piperidine rings is 1. The second-order valence-corrected chi connectivity index (χ2v) is 6.59. The average Bonchev–Trinajstić information content (AvgIpc) is 2.48. The summed E-state index contributed by atoms with van der Waals surface area (Å²) in [5, 5.41) is 0. The molecule has 2 N–H and O–H groups in total. The lowest BCUT2D eigenvalue weighted by atomic mass is 9.71. The Kier molecular flexibility index (Phi) is 5.26. The lowest BCUT2D eigenvalue weighted by Gasteiger charge is -2.40. The summed E-state index contributed by atoms with van der Waals surface area (Å²) in [6.07, 6.45) is 11.6. The molecule has 3 nitrogen and oxygen atoms in total. The summed E-state index contributed by atoms with van der Waals surface area (Å²) < 4.78 is 0. The van der Waals surface area contributed by atoms with Gasteiger partial charge in [-0.15, -0.1) is 0 Å². The van der Waals surface area contributed by atoms with Gasteiger partial charge in [0.05, 0.1) is 0 Å². The van der Waals surface area contributed by atoms with E-state index in [1.54, 1.807) is 0 Å². The van der Waals surface area contributed by atoms with Crippen LogP contribution in [0.5, 0.6) is 0 Å². The minimum atomic E-state index is 0.116. The second-order valence-electron chi connectivity index (χ2n) is 6.59. The Labute approximate surface area is 117 Å². The third-order valence-electron chi connectivity index (χ3n) is 5.29. The van der Waals surface area contributed by atoms with Crippen molar-refractivity contribution in [2.24, 2.45) is 11.1 Å². The quantitative estimate of drug-likeness (QED) is 0.850. The van der Waals surface area contributed by atoms with E-state index in [-0.39, 0.29) is 5.41 Å². The van der Waals surface area contributed by atoms with Gasteiger partial charge >= 0.3 is 0 Å². The molecule has 0 spiro atoms. The zero-order valence-electron chi connectivity index (χ0n) is 12.5. The highest BCUT2D eigenvalue weighted by molar-refractivity contribution is 5.77. The van der Waals surface area contributed by atoms with Crippen LogP contribution in [-0.2, 0) is 4.79 Å². The van der Waals surface area contributed by atoms with Crippen molar-refractivity contribution in [3.63, 3.8) is 0 Å². The molecule has 0 radical (unpaired) electrons. The maximum atomic E-state index is 12.7. The Morgan fingerprint density at radius 3 is 2.58 bits per heavy atom. The first kappa shape index (κ1) is 14.8. The molecule has 0 bridgehead atoms. The number of carbonyl (C=O) groups excluding carboxylic acids is 1. The molecule has 2 fully saturated rings. The molecular formula is C16H30N2O. The van der Waals surface area contributed by atoms with Gasteiger partial charge in [-0.25, -0.2) is 0 Å². The predicted molar refractivity (Wildman–Crippen MR) is 78.8 cm³/mol. The molecule has 110 valence electrons. The van der Waals surface area contributed by atoms with Crippen LogP contribution in [0, 0.1) is 5.41 Å². The standard InChI is InChI=1S/C16H30N2O/c1-2-14-8-4-7-11-18(14)15(19)12-16(13-17)9-5-3-6-10-16/h14H,2-13,17H2,1H3. The summed E-state index contributed by atoms with van der Waals surface area (Å²) in [4.78, 5) is 14.8. The second kappa shape index (κ2) is 6.74. The normalized spacial score (nSPS) is 27.3. The van der Waals surface area contributed by atoms with Crippen LogP contribution in [-0.4, -0.2) is 29.9 Å². The number of amides is 1. The minimum Gasteiger partial charge on any atom is -0.340 e. The van der Waals surface area contributed by atoms with E-state index in [1.807, 2.05) is 0 Å². The number of hydrogen-bond acceptors (Lipinski definition) is 2. The molecule has 1 amide bonds. The van der Waals surface area contributed by atoms with Gasteiger partial charge in [-0.3, -0.25) is 4.79 Å². The van der Waals surface area contributed by atoms with E-state index in [0.717, 1.165) is 25.8 Å². The molecule has 1 aliphatic carbocycles. The topological polar surface area (TPSA) is 46.3 Å². The molecular weight excluding hydrogens is 236 g/mol. The van der Waals surface area contributed by atoms with Gasteiger partial charge < -0.3 is 10.6 Å². The summed E-state index contributed by atoms with van der Waals surface area (Å²) >= 11 is 0. The van der Waals surface area contributed by atoms with Gasteiger partial charge in [0.1, 0.15) is 0 Å². The molecule has 1 atom stereocenters. The van der Waals surface area contributed by atoms with Gasteiger partial charge in [0, 0.05) is 19.0 Å². The van der Waals surface area contributed by atoms with Crippen LogP contribution in [0.2, 0.25) is 0 Å². The Hall–Kier alpha value is -0.570. The lowest BCUT2D eigenvalue weighted by Crippen LogP contribution is -2.46. The van der Waals surface area contributed by atoms with Crippen LogP contribution >= 0.6 is 0 Å². The predicted octanol–water partition coefficient (Wildman–Crippen LogP) is 3.08. The summed E-state index contributed by atoms with van der Waals surface area (Å²) in [5.41, 5.74) is 6.13. The molecule has 0 aromatic rings. The molecule has 0 aromatic heterocycles. The van der Waals surface area contributed by atoms with Gasteiger partial charge in [0.2, 0.25) is 5.91 Å². The van der Waals surface area contributed by atoms with Gasteiger partial charge in [0.25, 0.3) is 0 Å². The lowest BCUT2D eigenvalue weighted by molar-refractivity contribution is -0.138. The number of carbonyl (C=O) groups is 1. The van der Waals surface area contributed by atoms with Crippen molar-refractivity contribution in [2.75, 3.05) is 13.1 Å². The molecule has 1 unspecified atom stereocenters. The number of likely N-dealkylation sites (tertiary alicyclic amines) is 1. The number of hydrogen-bond donors (Lipinski definition) is 1. The summed E-state index contributed by atoms with van der Waals surface area (Å²) in [6.45, 7) is 3.86. The first-order valence-corrected chi connectivity index (χ1v) is 8.20. The number of nitrogens with two attached hydrogens (primary N) is 1. The van der Waals surface area contributed by atoms with Crippen molar-refractivity contribution in [1.29, 1.82) is 0 Å². The number of rotatable bonds is 4. The summed E-state index contributed by atoms with van der Waals surface area (Å²) in [6, 6.07) is 0.486. The van der Waals surface area contributed by atoms with E-state index in [1.165, 1.54) is 38.5 Å². The molecule has 1 aliphatic heterocycles. The van der Waals surface area contributed by atoms with Gasteiger partial charge in [0.15, 0.2) is 0 Å². The molecule has 0 aromatic carbocycles. The Bertz CT molecular complexity index is 297. The number of nitrogens with zero attached hydrogens (tertiary/aromatic N) is 1. The van der Waals surface area contributed by atoms with E-state index in [2.05, 4.69) is 11.8 Å². The fourth-order valence-electron chi connectivity index (χ4n) is 3.93. The highest BCUT2D eigenvalue weighted by Crippen LogP contribution is 2.39. The maximum absolute atomic E-state index is 12.7. The largest absolute Gasteiger partial charge is 0.340 e. The maximum Gasteiger partial charge on any atom is 0.223 e. The summed E-state index contributed by atoms with van der Waals surface area (Å²) in [5.74, 6) is 0.374. The molecule has 2 aliphatic rings. The van der Waals surface area contributed by atoms with Crippen LogP contribution in [0.1, 0.15) is 71.1 Å². The van der Waals surface area contributed by atoms with Gasteiger partial charge in [-0.05, 0) is 50.5 Å². The third-order valence-corrected chi connectivity index (χ3v) is 5.29. The fourth-order valence-corrected chi connectivity index (χ4v) is 3.93. The Morgan fingerprint density at radius 1 is 1.21 bits per heavy atom. The molecule has 1 heterocycles. The first-order valence-electron chi connectivity index (χ1n) is 8.20. The highest BCUT2D eigenvalue weighted by atomic mass is 16.2. The highest BCUT2D eigenvalue weighted by Gasteiger charge is 2.36. The van der Waals surface area contributed by atoms with Crippen molar-refractivity contribution in [2.45, 2.75) is 77.2 Å². The van der Waals surface area contributed by atoms with Gasteiger partial charge in [-0.1, -0.05) is 26.2 Å². The SMILES string of the molecule is CCC1CCCCN1C(=O)CC1(CN)CCCCC1. The first-order chi connectivity index (χ1) is 9.21. The molecule has 1 saturated heterocycles. The van der Waals surface area contributed by atoms with E-state index in [4.69, 9.17) is 5.73 Å². The zero-order chi connectivity index (χ0) is 13.7. The van der Waals surface area contributed by atoms with Crippen molar-refractivity contribution < 1.29 is 4.79 Å². The van der Waals surface area contributed by atoms with Crippen LogP contribution in [0.4, 0.5) is 0 Å². The summed E-state index contributed by atoms with van der Waals surface area (Å²) in [7, 11) is 0. The van der Waals surface area contributed by atoms with Crippen LogP contribution in [0.3, 0.4) is 0 Å². The Morgan fingerprint density at radius 2 is 1.95 bits per heavy atom. The van der Waals surface area contributed by atoms with Crippen molar-refractivity contribution in [1.82, 2.24) is 4.90 Å². The minimum absolute atomic E-state index is 0.116. The van der Waals surface area contributed by atoms with Crippen molar-refractivity contribution in [3.8, 4) is 0 Å². The van der Waals surface area contributed by atoms with Crippen LogP contribution < -0.4 is 5.73 Å². The monoisotopic (exact) mass is 266 g/mol. The van der Waals surface area contributed by atoms with Crippen LogP contribution in [0.15, 0.2) is 0 Å². The van der Waals surface area contributed by atoms with E-state index in [9.17, 15) is 4.79 Å². The van der Waals surface area contributed by atoms with E-state index in [0.29, 0.717) is 24.9 Å². The zero-order valence-corrected chi connectivity index (χ0v) is 12.5. The van der Waals surface area contributed by atoms with Crippen LogP contribution in [0.25, 0.3) is 0 Å².